The zero-order chi connectivity index (χ0) is 23.8. The van der Waals surface area contributed by atoms with Gasteiger partial charge in [-0.15, -0.1) is 0 Å². The number of amidine groups is 1. The SMILES string of the molecule is [CH2]COc1c(C=Cc2ccccc2)cc(Cl)cc1C(Nc1ccc(C(=N)N)cc1)C(=O)OC. The van der Waals surface area contributed by atoms with Crippen LogP contribution in [0, 0.1) is 12.3 Å². The summed E-state index contributed by atoms with van der Waals surface area (Å²) in [6.45, 7) is 3.95. The second kappa shape index (κ2) is 11.2. The first-order valence-electron chi connectivity index (χ1n) is 10.2. The van der Waals surface area contributed by atoms with Crippen LogP contribution < -0.4 is 15.8 Å². The number of benzene rings is 3. The summed E-state index contributed by atoms with van der Waals surface area (Å²) in [4.78, 5) is 12.8. The predicted molar refractivity (Wildman–Crippen MR) is 134 cm³/mol. The fraction of sp³-hybridized carbons (Fsp3) is 0.115. The molecule has 4 N–H and O–H groups in total. The van der Waals surface area contributed by atoms with Gasteiger partial charge in [-0.25, -0.2) is 4.79 Å². The smallest absolute Gasteiger partial charge is 0.333 e. The summed E-state index contributed by atoms with van der Waals surface area (Å²) in [6.07, 6.45) is 3.82. The Kier molecular flexibility index (Phi) is 8.11. The van der Waals surface area contributed by atoms with E-state index in [-0.39, 0.29) is 12.4 Å². The second-order valence-corrected chi connectivity index (χ2v) is 7.53. The molecule has 1 atom stereocenters. The van der Waals surface area contributed by atoms with Crippen LogP contribution in [-0.4, -0.2) is 25.5 Å². The molecule has 0 bridgehead atoms. The molecule has 3 aromatic rings. The van der Waals surface area contributed by atoms with E-state index >= 15 is 0 Å². The maximum Gasteiger partial charge on any atom is 0.333 e. The molecule has 0 aliphatic heterocycles. The number of methoxy groups -OCH3 is 1. The van der Waals surface area contributed by atoms with Crippen LogP contribution >= 0.6 is 11.6 Å². The van der Waals surface area contributed by atoms with Gasteiger partial charge in [0.2, 0.25) is 0 Å². The molecule has 0 aromatic heterocycles. The lowest BCUT2D eigenvalue weighted by Gasteiger charge is -2.22. The first-order valence-corrected chi connectivity index (χ1v) is 10.6. The molecule has 3 rings (SSSR count). The number of rotatable bonds is 9. The van der Waals surface area contributed by atoms with Gasteiger partial charge in [0.15, 0.2) is 6.04 Å². The minimum Gasteiger partial charge on any atom is -0.493 e. The van der Waals surface area contributed by atoms with E-state index in [1.165, 1.54) is 7.11 Å². The van der Waals surface area contributed by atoms with Gasteiger partial charge in [0.25, 0.3) is 0 Å². The van der Waals surface area contributed by atoms with Gasteiger partial charge < -0.3 is 20.5 Å². The Hall–Kier alpha value is -3.77. The minimum absolute atomic E-state index is 0.0399. The maximum atomic E-state index is 12.8. The van der Waals surface area contributed by atoms with Crippen LogP contribution in [0.5, 0.6) is 5.75 Å². The van der Waals surface area contributed by atoms with Crippen LogP contribution in [0.2, 0.25) is 5.02 Å². The molecule has 169 valence electrons. The summed E-state index contributed by atoms with van der Waals surface area (Å²) in [7, 11) is 1.32. The molecule has 1 radical (unpaired) electrons. The molecule has 0 spiro atoms. The number of nitrogen functional groups attached to an aromatic ring is 1. The van der Waals surface area contributed by atoms with Crippen molar-refractivity contribution in [3.8, 4) is 5.75 Å². The Morgan fingerprint density at radius 2 is 1.85 bits per heavy atom. The zero-order valence-corrected chi connectivity index (χ0v) is 18.9. The Balaban J connectivity index is 2.05. The number of ether oxygens (including phenoxy) is 2. The molecular weight excluding hydrogens is 438 g/mol. The lowest BCUT2D eigenvalue weighted by molar-refractivity contribution is -0.141. The molecule has 0 aliphatic rings. The summed E-state index contributed by atoms with van der Waals surface area (Å²) >= 11 is 6.43. The van der Waals surface area contributed by atoms with E-state index in [1.54, 1.807) is 36.4 Å². The van der Waals surface area contributed by atoms with Gasteiger partial charge in [-0.3, -0.25) is 5.41 Å². The molecule has 3 aromatic carbocycles. The fourth-order valence-electron chi connectivity index (χ4n) is 3.29. The highest BCUT2D eigenvalue weighted by Gasteiger charge is 2.27. The summed E-state index contributed by atoms with van der Waals surface area (Å²) in [5.41, 5.74) is 8.96. The third-order valence-electron chi connectivity index (χ3n) is 4.87. The topological polar surface area (TPSA) is 97.4 Å². The number of carbonyl (C=O) groups excluding carboxylic acids is 1. The number of carbonyl (C=O) groups is 1. The van der Waals surface area contributed by atoms with Crippen molar-refractivity contribution in [3.05, 3.63) is 101 Å². The van der Waals surface area contributed by atoms with Crippen LogP contribution in [0.3, 0.4) is 0 Å². The first kappa shape index (κ1) is 23.9. The molecule has 0 saturated heterocycles. The van der Waals surface area contributed by atoms with E-state index in [0.29, 0.717) is 33.1 Å². The number of halogens is 1. The number of hydrogen-bond acceptors (Lipinski definition) is 5. The Bertz CT molecular complexity index is 1150. The van der Waals surface area contributed by atoms with Crippen molar-refractivity contribution in [1.82, 2.24) is 0 Å². The van der Waals surface area contributed by atoms with Gasteiger partial charge in [-0.2, -0.15) is 0 Å². The molecule has 7 heteroatoms. The monoisotopic (exact) mass is 462 g/mol. The van der Waals surface area contributed by atoms with E-state index in [0.717, 1.165) is 5.56 Å². The van der Waals surface area contributed by atoms with Gasteiger partial charge in [-0.05, 0) is 48.9 Å². The fourth-order valence-corrected chi connectivity index (χ4v) is 3.52. The van der Waals surface area contributed by atoms with E-state index in [9.17, 15) is 4.79 Å². The van der Waals surface area contributed by atoms with Gasteiger partial charge in [0, 0.05) is 27.4 Å². The number of anilines is 1. The molecule has 33 heavy (non-hydrogen) atoms. The number of nitrogens with one attached hydrogen (secondary N) is 2. The molecule has 0 fully saturated rings. The zero-order valence-electron chi connectivity index (χ0n) is 18.2. The Labute approximate surface area is 198 Å². The normalized spacial score (nSPS) is 11.7. The predicted octanol–water partition coefficient (Wildman–Crippen LogP) is 5.33. The maximum absolute atomic E-state index is 12.8. The molecule has 6 nitrogen and oxygen atoms in total. The Morgan fingerprint density at radius 3 is 2.45 bits per heavy atom. The molecular formula is C26H25ClN3O3. The van der Waals surface area contributed by atoms with Crippen molar-refractivity contribution < 1.29 is 14.3 Å². The van der Waals surface area contributed by atoms with Crippen LogP contribution in [0.4, 0.5) is 5.69 Å². The van der Waals surface area contributed by atoms with Crippen molar-refractivity contribution in [1.29, 1.82) is 5.41 Å². The van der Waals surface area contributed by atoms with Crippen molar-refractivity contribution >= 4 is 41.2 Å². The first-order chi connectivity index (χ1) is 15.9. The molecule has 1 unspecified atom stereocenters. The van der Waals surface area contributed by atoms with Crippen LogP contribution in [0.1, 0.15) is 28.3 Å². The number of esters is 1. The summed E-state index contributed by atoms with van der Waals surface area (Å²) in [6, 6.07) is 19.2. The van der Waals surface area contributed by atoms with E-state index in [1.807, 2.05) is 42.5 Å². The van der Waals surface area contributed by atoms with E-state index in [2.05, 4.69) is 12.2 Å². The Morgan fingerprint density at radius 1 is 1.15 bits per heavy atom. The van der Waals surface area contributed by atoms with Gasteiger partial charge in [0.1, 0.15) is 11.6 Å². The summed E-state index contributed by atoms with van der Waals surface area (Å²) in [5, 5.41) is 11.2. The van der Waals surface area contributed by atoms with Crippen LogP contribution in [0.15, 0.2) is 66.7 Å². The number of nitrogens with two attached hydrogens (primary N) is 1. The highest BCUT2D eigenvalue weighted by atomic mass is 35.5. The molecule has 0 aliphatic carbocycles. The lowest BCUT2D eigenvalue weighted by Crippen LogP contribution is -2.23. The van der Waals surface area contributed by atoms with Crippen molar-refractivity contribution in [2.24, 2.45) is 5.73 Å². The molecule has 0 amide bonds. The standard InChI is InChI=1S/C26H25ClN3O3/c1-3-33-24-19(10-9-17-7-5-4-6-8-17)15-20(27)16-22(24)23(26(31)32-2)30-21-13-11-18(12-14-21)25(28)29/h4-16,23,30H,1,3H2,2H3,(H3,28,29). The van der Waals surface area contributed by atoms with Crippen LogP contribution in [0.25, 0.3) is 12.2 Å². The second-order valence-electron chi connectivity index (χ2n) is 7.10. The highest BCUT2D eigenvalue weighted by molar-refractivity contribution is 6.31. The van der Waals surface area contributed by atoms with Gasteiger partial charge >= 0.3 is 5.97 Å². The number of hydrogen-bond donors (Lipinski definition) is 3. The molecule has 0 saturated carbocycles. The van der Waals surface area contributed by atoms with Crippen molar-refractivity contribution in [2.75, 3.05) is 19.0 Å². The van der Waals surface area contributed by atoms with Crippen LogP contribution in [-0.2, 0) is 9.53 Å². The molecule has 0 heterocycles. The summed E-state index contributed by atoms with van der Waals surface area (Å²) in [5.74, 6) is -0.0773. The van der Waals surface area contributed by atoms with Gasteiger partial charge in [0.05, 0.1) is 13.7 Å². The third-order valence-corrected chi connectivity index (χ3v) is 5.09. The average molecular weight is 463 g/mol. The third kappa shape index (κ3) is 6.14. The van der Waals surface area contributed by atoms with Crippen molar-refractivity contribution in [3.63, 3.8) is 0 Å². The van der Waals surface area contributed by atoms with Crippen molar-refractivity contribution in [2.45, 2.75) is 6.04 Å². The highest BCUT2D eigenvalue weighted by Crippen LogP contribution is 2.36. The minimum atomic E-state index is -0.901. The summed E-state index contributed by atoms with van der Waals surface area (Å²) < 4.78 is 10.9. The average Bonchev–Trinajstić information content (AvgIpc) is 2.83. The lowest BCUT2D eigenvalue weighted by atomic mass is 10.00. The quantitative estimate of drug-likeness (QED) is 0.173. The van der Waals surface area contributed by atoms with Gasteiger partial charge in [-0.1, -0.05) is 54.1 Å². The van der Waals surface area contributed by atoms with E-state index < -0.39 is 12.0 Å². The van der Waals surface area contributed by atoms with E-state index in [4.69, 9.17) is 32.2 Å². The largest absolute Gasteiger partial charge is 0.493 e.